The van der Waals surface area contributed by atoms with Crippen LogP contribution in [0.15, 0.2) is 60.8 Å². The maximum Gasteiger partial charge on any atom is 0.226 e. The van der Waals surface area contributed by atoms with Crippen LogP contribution in [-0.4, -0.2) is 23.3 Å². The number of rotatable bonds is 5. The van der Waals surface area contributed by atoms with Crippen LogP contribution in [0.3, 0.4) is 0 Å². The van der Waals surface area contributed by atoms with Crippen molar-refractivity contribution in [3.05, 3.63) is 66.4 Å². The Hall–Kier alpha value is -3.21. The normalized spacial score (nSPS) is 10.5. The highest BCUT2D eigenvalue weighted by Gasteiger charge is 2.14. The van der Waals surface area contributed by atoms with E-state index in [1.807, 2.05) is 61.5 Å². The average Bonchev–Trinajstić information content (AvgIpc) is 2.63. The van der Waals surface area contributed by atoms with Crippen LogP contribution in [0.25, 0.3) is 10.9 Å². The number of anilines is 2. The van der Waals surface area contributed by atoms with Gasteiger partial charge in [-0.25, -0.2) is 0 Å². The molecule has 0 radical (unpaired) electrons. The number of benzene rings is 2. The lowest BCUT2D eigenvalue weighted by Crippen LogP contribution is -2.31. The molecule has 0 aliphatic heterocycles. The van der Waals surface area contributed by atoms with Crippen LogP contribution in [0.4, 0.5) is 11.4 Å². The number of nitrogens with zero attached hydrogens (tertiary/aromatic N) is 2. The van der Waals surface area contributed by atoms with Crippen LogP contribution < -0.4 is 10.2 Å². The molecule has 3 aromatic rings. The number of nitrogens with one attached hydrogen (secondary N) is 1. The Morgan fingerprint density at radius 1 is 1.04 bits per heavy atom. The molecule has 0 atom stereocenters. The first kappa shape index (κ1) is 17.6. The third-order valence-electron chi connectivity index (χ3n) is 4.20. The van der Waals surface area contributed by atoms with Gasteiger partial charge in [0.2, 0.25) is 11.8 Å². The predicted molar refractivity (Wildman–Crippen MR) is 104 cm³/mol. The molecular formula is C21H21N3O2. The minimum Gasteiger partial charge on any atom is -0.324 e. The third-order valence-corrected chi connectivity index (χ3v) is 4.20. The Labute approximate surface area is 152 Å². The first-order chi connectivity index (χ1) is 12.5. The molecule has 0 spiro atoms. The highest BCUT2D eigenvalue weighted by molar-refractivity contribution is 6.01. The molecule has 5 nitrogen and oxygen atoms in total. The second kappa shape index (κ2) is 7.78. The van der Waals surface area contributed by atoms with Crippen LogP contribution in [0.2, 0.25) is 0 Å². The molecule has 0 aliphatic carbocycles. The van der Waals surface area contributed by atoms with Gasteiger partial charge in [0.1, 0.15) is 0 Å². The van der Waals surface area contributed by atoms with E-state index in [0.717, 1.165) is 22.2 Å². The topological polar surface area (TPSA) is 62.3 Å². The summed E-state index contributed by atoms with van der Waals surface area (Å²) in [5.41, 5.74) is 3.35. The number of amides is 2. The van der Waals surface area contributed by atoms with Crippen molar-refractivity contribution in [2.45, 2.75) is 20.3 Å². The van der Waals surface area contributed by atoms with E-state index in [-0.39, 0.29) is 18.2 Å². The smallest absolute Gasteiger partial charge is 0.226 e. The highest BCUT2D eigenvalue weighted by Crippen LogP contribution is 2.21. The molecule has 1 N–H and O–H groups in total. The molecule has 0 saturated carbocycles. The zero-order chi connectivity index (χ0) is 18.5. The summed E-state index contributed by atoms with van der Waals surface area (Å²) in [5, 5.41) is 3.87. The van der Waals surface area contributed by atoms with Gasteiger partial charge in [-0.2, -0.15) is 0 Å². The number of fused-ring (bicyclic) bond motifs is 1. The number of hydrogen-bond donors (Lipinski definition) is 1. The fraction of sp³-hybridized carbons (Fsp3) is 0.190. The SMILES string of the molecule is CC(=O)N(CCC(=O)Nc1cccc2cccnc12)c1ccc(C)cc1. The van der Waals surface area contributed by atoms with Crippen LogP contribution in [0, 0.1) is 6.92 Å². The Balaban J connectivity index is 1.69. The summed E-state index contributed by atoms with van der Waals surface area (Å²) in [6.07, 6.45) is 1.91. The van der Waals surface area contributed by atoms with Crippen molar-refractivity contribution in [1.82, 2.24) is 4.98 Å². The van der Waals surface area contributed by atoms with E-state index < -0.39 is 0 Å². The number of pyridine rings is 1. The third kappa shape index (κ3) is 4.06. The maximum absolute atomic E-state index is 12.4. The second-order valence-corrected chi connectivity index (χ2v) is 6.19. The minimum absolute atomic E-state index is 0.0894. The summed E-state index contributed by atoms with van der Waals surface area (Å²) >= 11 is 0. The molecule has 26 heavy (non-hydrogen) atoms. The molecule has 0 bridgehead atoms. The molecule has 2 aromatic carbocycles. The lowest BCUT2D eigenvalue weighted by Gasteiger charge is -2.21. The Kier molecular flexibility index (Phi) is 5.27. The van der Waals surface area contributed by atoms with Crippen molar-refractivity contribution >= 4 is 34.1 Å². The standard InChI is InChI=1S/C21H21N3O2/c1-15-8-10-18(11-9-15)24(16(2)25)14-12-20(26)23-19-7-3-5-17-6-4-13-22-21(17)19/h3-11,13H,12,14H2,1-2H3,(H,23,26). The van der Waals surface area contributed by atoms with Gasteiger partial charge in [-0.05, 0) is 31.2 Å². The zero-order valence-electron chi connectivity index (χ0n) is 14.9. The molecule has 1 aromatic heterocycles. The van der Waals surface area contributed by atoms with E-state index in [4.69, 9.17) is 0 Å². The van der Waals surface area contributed by atoms with Crippen molar-refractivity contribution in [2.75, 3.05) is 16.8 Å². The highest BCUT2D eigenvalue weighted by atomic mass is 16.2. The van der Waals surface area contributed by atoms with Crippen molar-refractivity contribution in [3.63, 3.8) is 0 Å². The van der Waals surface area contributed by atoms with Crippen LogP contribution in [0.1, 0.15) is 18.9 Å². The number of hydrogen-bond acceptors (Lipinski definition) is 3. The minimum atomic E-state index is -0.151. The molecule has 2 amide bonds. The molecule has 0 unspecified atom stereocenters. The van der Waals surface area contributed by atoms with Gasteiger partial charge in [0, 0.05) is 37.2 Å². The molecule has 5 heteroatoms. The largest absolute Gasteiger partial charge is 0.324 e. The van der Waals surface area contributed by atoms with Gasteiger partial charge in [-0.1, -0.05) is 35.9 Å². The second-order valence-electron chi connectivity index (χ2n) is 6.19. The van der Waals surface area contributed by atoms with E-state index in [9.17, 15) is 9.59 Å². The van der Waals surface area contributed by atoms with Gasteiger partial charge in [-0.15, -0.1) is 0 Å². The van der Waals surface area contributed by atoms with E-state index in [1.54, 1.807) is 11.1 Å². The van der Waals surface area contributed by atoms with Gasteiger partial charge in [-0.3, -0.25) is 14.6 Å². The molecule has 0 aliphatic rings. The van der Waals surface area contributed by atoms with Crippen molar-refractivity contribution in [3.8, 4) is 0 Å². The number of aromatic nitrogens is 1. The van der Waals surface area contributed by atoms with Gasteiger partial charge in [0.15, 0.2) is 0 Å². The number of carbonyl (C=O) groups is 2. The number of carbonyl (C=O) groups excluding carboxylic acids is 2. The van der Waals surface area contributed by atoms with Gasteiger partial charge in [0.25, 0.3) is 0 Å². The lowest BCUT2D eigenvalue weighted by atomic mass is 10.2. The van der Waals surface area contributed by atoms with Crippen molar-refractivity contribution < 1.29 is 9.59 Å². The number of aryl methyl sites for hydroxylation is 1. The summed E-state index contributed by atoms with van der Waals surface area (Å²) in [6, 6.07) is 17.2. The lowest BCUT2D eigenvalue weighted by molar-refractivity contribution is -0.117. The summed E-state index contributed by atoms with van der Waals surface area (Å²) in [7, 11) is 0. The predicted octanol–water partition coefficient (Wildman–Crippen LogP) is 3.92. The molecule has 132 valence electrons. The molecule has 0 fully saturated rings. The summed E-state index contributed by atoms with van der Waals surface area (Å²) in [4.78, 5) is 30.3. The fourth-order valence-corrected chi connectivity index (χ4v) is 2.82. The van der Waals surface area contributed by atoms with Crippen molar-refractivity contribution in [2.24, 2.45) is 0 Å². The zero-order valence-corrected chi connectivity index (χ0v) is 14.9. The first-order valence-corrected chi connectivity index (χ1v) is 8.53. The van der Waals surface area contributed by atoms with Crippen molar-refractivity contribution in [1.29, 1.82) is 0 Å². The van der Waals surface area contributed by atoms with E-state index >= 15 is 0 Å². The molecule has 0 saturated heterocycles. The molecular weight excluding hydrogens is 326 g/mol. The maximum atomic E-state index is 12.4. The first-order valence-electron chi connectivity index (χ1n) is 8.53. The number of para-hydroxylation sites is 1. The Morgan fingerprint density at radius 2 is 1.77 bits per heavy atom. The van der Waals surface area contributed by atoms with Gasteiger partial charge < -0.3 is 10.2 Å². The monoisotopic (exact) mass is 347 g/mol. The van der Waals surface area contributed by atoms with Crippen LogP contribution >= 0.6 is 0 Å². The Morgan fingerprint density at radius 3 is 2.50 bits per heavy atom. The van der Waals surface area contributed by atoms with Gasteiger partial charge in [0.05, 0.1) is 11.2 Å². The quantitative estimate of drug-likeness (QED) is 0.761. The van der Waals surface area contributed by atoms with Crippen LogP contribution in [-0.2, 0) is 9.59 Å². The fourth-order valence-electron chi connectivity index (χ4n) is 2.82. The average molecular weight is 347 g/mol. The van der Waals surface area contributed by atoms with Crippen LogP contribution in [0.5, 0.6) is 0 Å². The molecule has 1 heterocycles. The summed E-state index contributed by atoms with van der Waals surface area (Å²) in [5.74, 6) is -0.241. The summed E-state index contributed by atoms with van der Waals surface area (Å²) < 4.78 is 0. The Bertz CT molecular complexity index is 930. The summed E-state index contributed by atoms with van der Waals surface area (Å²) in [6.45, 7) is 3.82. The van der Waals surface area contributed by atoms with E-state index in [1.165, 1.54) is 6.92 Å². The van der Waals surface area contributed by atoms with Gasteiger partial charge >= 0.3 is 0 Å². The van der Waals surface area contributed by atoms with E-state index in [2.05, 4.69) is 10.3 Å². The van der Waals surface area contributed by atoms with E-state index in [0.29, 0.717) is 12.2 Å². The molecule has 3 rings (SSSR count).